The lowest BCUT2D eigenvalue weighted by molar-refractivity contribution is -0.920. The fourth-order valence-corrected chi connectivity index (χ4v) is 3.78. The van der Waals surface area contributed by atoms with Crippen LogP contribution in [-0.4, -0.2) is 27.3 Å². The highest BCUT2D eigenvalue weighted by Gasteiger charge is 2.30. The Labute approximate surface area is 171 Å². The summed E-state index contributed by atoms with van der Waals surface area (Å²) in [5.74, 6) is 0.843. The van der Waals surface area contributed by atoms with E-state index in [0.29, 0.717) is 0 Å². The number of hydrogen-bond donors (Lipinski definition) is 1. The van der Waals surface area contributed by atoms with Gasteiger partial charge in [0.1, 0.15) is 6.54 Å². The number of tetrazole rings is 1. The quantitative estimate of drug-likeness (QED) is 0.556. The minimum atomic E-state index is 0.00658. The van der Waals surface area contributed by atoms with Crippen molar-refractivity contribution in [2.75, 3.05) is 7.05 Å². The van der Waals surface area contributed by atoms with E-state index in [2.05, 4.69) is 97.1 Å². The maximum absolute atomic E-state index is 4.47. The second-order valence-electron chi connectivity index (χ2n) is 7.59. The van der Waals surface area contributed by atoms with E-state index in [1.54, 1.807) is 0 Å². The molecule has 5 nitrogen and oxygen atoms in total. The Morgan fingerprint density at radius 3 is 2.28 bits per heavy atom. The minimum Gasteiger partial charge on any atom is -0.321 e. The van der Waals surface area contributed by atoms with Crippen molar-refractivity contribution in [2.45, 2.75) is 26.4 Å². The summed E-state index contributed by atoms with van der Waals surface area (Å²) in [4.78, 5) is 1.31. The molecule has 1 unspecified atom stereocenters. The Hall–Kier alpha value is -3.31. The average molecular weight is 385 g/mol. The second-order valence-corrected chi connectivity index (χ2v) is 7.59. The van der Waals surface area contributed by atoms with Gasteiger partial charge in [0, 0.05) is 11.1 Å². The molecule has 29 heavy (non-hydrogen) atoms. The van der Waals surface area contributed by atoms with Gasteiger partial charge in [0.15, 0.2) is 6.04 Å². The van der Waals surface area contributed by atoms with Gasteiger partial charge in [-0.2, -0.15) is 4.68 Å². The highest BCUT2D eigenvalue weighted by molar-refractivity contribution is 5.40. The summed E-state index contributed by atoms with van der Waals surface area (Å²) in [6.45, 7) is 5.07. The third-order valence-electron chi connectivity index (χ3n) is 5.32. The van der Waals surface area contributed by atoms with Crippen molar-refractivity contribution in [3.63, 3.8) is 0 Å². The molecule has 1 heterocycles. The first-order valence-corrected chi connectivity index (χ1v) is 9.90. The van der Waals surface area contributed by atoms with Crippen LogP contribution < -0.4 is 4.90 Å². The average Bonchev–Trinajstić information content (AvgIpc) is 3.20. The van der Waals surface area contributed by atoms with Crippen LogP contribution in [-0.2, 0) is 6.54 Å². The molecule has 1 N–H and O–H groups in total. The summed E-state index contributed by atoms with van der Waals surface area (Å²) < 4.78 is 1.88. The molecule has 5 heteroatoms. The first-order chi connectivity index (χ1) is 14.1. The van der Waals surface area contributed by atoms with Crippen LogP contribution in [0.5, 0.6) is 0 Å². The number of para-hydroxylation sites is 1. The van der Waals surface area contributed by atoms with Crippen molar-refractivity contribution < 1.29 is 4.90 Å². The number of aromatic nitrogens is 4. The predicted octanol–water partition coefficient (Wildman–Crippen LogP) is 3.08. The molecule has 4 rings (SSSR count). The molecule has 0 saturated carbocycles. The molecule has 0 aliphatic rings. The molecule has 4 aromatic rings. The lowest BCUT2D eigenvalue weighted by Crippen LogP contribution is -3.08. The van der Waals surface area contributed by atoms with Crippen LogP contribution in [0.15, 0.2) is 78.9 Å². The molecule has 0 radical (unpaired) electrons. The van der Waals surface area contributed by atoms with E-state index < -0.39 is 0 Å². The molecule has 0 saturated heterocycles. The second kappa shape index (κ2) is 8.37. The molecule has 0 aliphatic heterocycles. The van der Waals surface area contributed by atoms with Crippen LogP contribution in [0.4, 0.5) is 0 Å². The van der Waals surface area contributed by atoms with Gasteiger partial charge in [0.05, 0.1) is 12.7 Å². The van der Waals surface area contributed by atoms with Crippen molar-refractivity contribution in [2.24, 2.45) is 0 Å². The van der Waals surface area contributed by atoms with Gasteiger partial charge in [-0.05, 0) is 35.9 Å². The number of rotatable bonds is 6. The van der Waals surface area contributed by atoms with Gasteiger partial charge < -0.3 is 4.90 Å². The lowest BCUT2D eigenvalue weighted by Gasteiger charge is -2.25. The third kappa shape index (κ3) is 4.10. The van der Waals surface area contributed by atoms with Crippen LogP contribution in [0.25, 0.3) is 5.69 Å². The highest BCUT2D eigenvalue weighted by Crippen LogP contribution is 2.21. The van der Waals surface area contributed by atoms with Crippen LogP contribution >= 0.6 is 0 Å². The van der Waals surface area contributed by atoms with Crippen molar-refractivity contribution in [3.8, 4) is 5.69 Å². The van der Waals surface area contributed by atoms with Gasteiger partial charge in [-0.25, -0.2) is 0 Å². The highest BCUT2D eigenvalue weighted by atomic mass is 15.6. The summed E-state index contributed by atoms with van der Waals surface area (Å²) >= 11 is 0. The number of benzene rings is 3. The lowest BCUT2D eigenvalue weighted by atomic mass is 10.0. The van der Waals surface area contributed by atoms with Gasteiger partial charge in [-0.3, -0.25) is 0 Å². The molecule has 146 valence electrons. The zero-order chi connectivity index (χ0) is 20.2. The maximum Gasteiger partial charge on any atom is 0.218 e. The molecule has 2 atom stereocenters. The van der Waals surface area contributed by atoms with Gasteiger partial charge in [-0.1, -0.05) is 78.4 Å². The van der Waals surface area contributed by atoms with E-state index in [-0.39, 0.29) is 6.04 Å². The number of aryl methyl sites for hydroxylation is 2. The van der Waals surface area contributed by atoms with Crippen LogP contribution in [0.1, 0.15) is 34.1 Å². The molecule has 3 aromatic carbocycles. The fraction of sp³-hybridized carbons (Fsp3) is 0.208. The van der Waals surface area contributed by atoms with Crippen molar-refractivity contribution in [1.82, 2.24) is 20.2 Å². The van der Waals surface area contributed by atoms with E-state index in [4.69, 9.17) is 0 Å². The third-order valence-corrected chi connectivity index (χ3v) is 5.32. The first-order valence-electron chi connectivity index (χ1n) is 9.90. The molecule has 0 spiro atoms. The maximum atomic E-state index is 4.47. The molecule has 1 aromatic heterocycles. The largest absolute Gasteiger partial charge is 0.321 e. The van der Waals surface area contributed by atoms with Crippen molar-refractivity contribution >= 4 is 0 Å². The van der Waals surface area contributed by atoms with Gasteiger partial charge in [-0.15, -0.1) is 5.10 Å². The number of hydrogen-bond acceptors (Lipinski definition) is 3. The first kappa shape index (κ1) is 19.0. The Balaban J connectivity index is 1.76. The molecular weight excluding hydrogens is 358 g/mol. The van der Waals surface area contributed by atoms with Crippen LogP contribution in [0.2, 0.25) is 0 Å². The summed E-state index contributed by atoms with van der Waals surface area (Å²) in [6, 6.07) is 27.4. The molecular formula is C24H26N5+. The van der Waals surface area contributed by atoms with Gasteiger partial charge >= 0.3 is 0 Å². The summed E-state index contributed by atoms with van der Waals surface area (Å²) in [6.07, 6.45) is 0. The SMILES string of the molecule is Cc1ccc(C[NH+](C)[C@@H](c2ccccc2)c2nnnn2-c2ccccc2C)cc1. The standard InChI is InChI=1S/C24H25N5/c1-18-13-15-20(16-14-18)17-28(3)23(21-10-5-4-6-11-21)24-25-26-27-29(24)22-12-8-7-9-19(22)2/h4-16,23H,17H2,1-3H3/p+1/t23-/m0/s1. The number of quaternary nitrogens is 1. The normalized spacial score (nSPS) is 13.2. The number of nitrogens with one attached hydrogen (secondary N) is 1. The minimum absolute atomic E-state index is 0.00658. The molecule has 0 bridgehead atoms. The Kier molecular flexibility index (Phi) is 5.49. The summed E-state index contributed by atoms with van der Waals surface area (Å²) in [7, 11) is 2.20. The van der Waals surface area contributed by atoms with E-state index >= 15 is 0 Å². The Morgan fingerprint density at radius 2 is 1.55 bits per heavy atom. The zero-order valence-corrected chi connectivity index (χ0v) is 17.1. The topological polar surface area (TPSA) is 48.0 Å². The number of nitrogens with zero attached hydrogens (tertiary/aromatic N) is 4. The van der Waals surface area contributed by atoms with Crippen LogP contribution in [0.3, 0.4) is 0 Å². The van der Waals surface area contributed by atoms with Crippen molar-refractivity contribution in [1.29, 1.82) is 0 Å². The Bertz CT molecular complexity index is 1070. The Morgan fingerprint density at radius 1 is 0.862 bits per heavy atom. The molecule has 0 amide bonds. The molecule has 0 fully saturated rings. The van der Waals surface area contributed by atoms with Crippen molar-refractivity contribution in [3.05, 3.63) is 107 Å². The van der Waals surface area contributed by atoms with E-state index in [9.17, 15) is 0 Å². The molecule has 0 aliphatic carbocycles. The van der Waals surface area contributed by atoms with E-state index in [0.717, 1.165) is 23.6 Å². The van der Waals surface area contributed by atoms with Gasteiger partial charge in [0.25, 0.3) is 0 Å². The summed E-state index contributed by atoms with van der Waals surface area (Å²) in [5.41, 5.74) is 5.92. The van der Waals surface area contributed by atoms with E-state index in [1.165, 1.54) is 21.6 Å². The van der Waals surface area contributed by atoms with E-state index in [1.807, 2.05) is 22.9 Å². The summed E-state index contributed by atoms with van der Waals surface area (Å²) in [5, 5.41) is 12.8. The monoisotopic (exact) mass is 384 g/mol. The van der Waals surface area contributed by atoms with Crippen LogP contribution in [0, 0.1) is 13.8 Å². The van der Waals surface area contributed by atoms with Gasteiger partial charge in [0.2, 0.25) is 5.82 Å². The predicted molar refractivity (Wildman–Crippen MR) is 114 cm³/mol. The fourth-order valence-electron chi connectivity index (χ4n) is 3.78. The smallest absolute Gasteiger partial charge is 0.218 e. The zero-order valence-electron chi connectivity index (χ0n) is 17.1.